The molecular weight excluding hydrogens is 536 g/mol. The molecule has 2 aliphatic heterocycles. The van der Waals surface area contributed by atoms with Crippen molar-refractivity contribution in [2.24, 2.45) is 5.73 Å². The number of aromatic nitrogens is 3. The fourth-order valence-electron chi connectivity index (χ4n) is 5.12. The number of fused-ring (bicyclic) bond motifs is 1. The van der Waals surface area contributed by atoms with Gasteiger partial charge in [0.1, 0.15) is 5.82 Å². The quantitative estimate of drug-likeness (QED) is 0.275. The van der Waals surface area contributed by atoms with Crippen LogP contribution in [-0.4, -0.2) is 76.1 Å². The maximum atomic E-state index is 13.2. The molecule has 2 saturated heterocycles. The van der Waals surface area contributed by atoms with E-state index in [4.69, 9.17) is 15.9 Å². The van der Waals surface area contributed by atoms with Crippen LogP contribution in [0.1, 0.15) is 46.6 Å². The predicted octanol–water partition coefficient (Wildman–Crippen LogP) is 2.70. The second kappa shape index (κ2) is 10.8. The lowest BCUT2D eigenvalue weighted by Crippen LogP contribution is -2.40. The number of hydrogen-bond donors (Lipinski definition) is 2. The molecule has 4 rings (SSSR count). The van der Waals surface area contributed by atoms with E-state index in [9.17, 15) is 35.9 Å². The molecule has 0 aliphatic carbocycles. The third-order valence-electron chi connectivity index (χ3n) is 6.81. The number of primary amides is 1. The molecule has 2 amide bonds. The smallest absolute Gasteiger partial charge is 0.379 e. The first kappa shape index (κ1) is 28.3. The van der Waals surface area contributed by atoms with Gasteiger partial charge in [-0.05, 0) is 25.0 Å². The largest absolute Gasteiger partial charge is 0.435 e. The van der Waals surface area contributed by atoms with E-state index in [2.05, 4.69) is 10.1 Å². The summed E-state index contributed by atoms with van der Waals surface area (Å²) < 4.78 is 85.2. The van der Waals surface area contributed by atoms with Crippen molar-refractivity contribution in [1.82, 2.24) is 19.7 Å². The summed E-state index contributed by atoms with van der Waals surface area (Å²) in [5.74, 6) is -1.36. The summed E-state index contributed by atoms with van der Waals surface area (Å²) in [7, 11) is 0. The Morgan fingerprint density at radius 3 is 2.46 bits per heavy atom. The molecule has 4 heterocycles. The van der Waals surface area contributed by atoms with Crippen LogP contribution < -0.4 is 10.6 Å². The van der Waals surface area contributed by atoms with E-state index in [0.717, 1.165) is 23.0 Å². The zero-order valence-electron chi connectivity index (χ0n) is 20.4. The van der Waals surface area contributed by atoms with Crippen LogP contribution in [0.2, 0.25) is 0 Å². The molecule has 0 bridgehead atoms. The Morgan fingerprint density at radius 1 is 1.10 bits per heavy atom. The van der Waals surface area contributed by atoms with E-state index in [1.165, 1.54) is 0 Å². The van der Waals surface area contributed by atoms with E-state index in [-0.39, 0.29) is 50.0 Å². The van der Waals surface area contributed by atoms with Crippen molar-refractivity contribution in [1.29, 1.82) is 5.41 Å². The molecule has 10 nitrogen and oxygen atoms in total. The van der Waals surface area contributed by atoms with Gasteiger partial charge in [0, 0.05) is 25.5 Å². The van der Waals surface area contributed by atoms with Crippen LogP contribution in [0.25, 0.3) is 0 Å². The zero-order valence-corrected chi connectivity index (χ0v) is 20.4. The van der Waals surface area contributed by atoms with Crippen LogP contribution in [0.15, 0.2) is 18.3 Å². The number of nitrogens with two attached hydrogens (primary N) is 1. The molecule has 0 radical (unpaired) electrons. The highest BCUT2D eigenvalue weighted by molar-refractivity contribution is 6.01. The molecule has 2 aromatic rings. The van der Waals surface area contributed by atoms with Crippen LogP contribution in [0.3, 0.4) is 0 Å². The van der Waals surface area contributed by atoms with Crippen molar-refractivity contribution in [2.75, 3.05) is 31.2 Å². The molecular formula is C23H25F6N7O3. The van der Waals surface area contributed by atoms with Crippen LogP contribution in [0.5, 0.6) is 0 Å². The number of halogens is 6. The van der Waals surface area contributed by atoms with Gasteiger partial charge in [0.25, 0.3) is 5.91 Å². The van der Waals surface area contributed by atoms with Gasteiger partial charge in [-0.15, -0.1) is 0 Å². The molecule has 2 aromatic heterocycles. The molecule has 2 aliphatic rings. The highest BCUT2D eigenvalue weighted by atomic mass is 19.4. The molecule has 0 aromatic carbocycles. The lowest BCUT2D eigenvalue weighted by molar-refractivity contribution is -0.142. The number of hydrogen-bond acceptors (Lipinski definition) is 7. The van der Waals surface area contributed by atoms with Crippen molar-refractivity contribution in [3.8, 4) is 0 Å². The average Bonchev–Trinajstić information content (AvgIpc) is 3.56. The number of anilines is 1. The fraction of sp³-hybridized carbons (Fsp3) is 0.522. The SMILES string of the molecule is N=Cc1c(C(N)=O)c(C(F)(F)F)nn1CCOCCC(=O)N1CC[C@@H]2[C@H]1CCN2c1cc(C(F)(F)F)ccn1. The zero-order chi connectivity index (χ0) is 28.5. The number of alkyl halides is 6. The number of carbonyl (C=O) groups is 2. The third kappa shape index (κ3) is 5.84. The third-order valence-corrected chi connectivity index (χ3v) is 6.81. The van der Waals surface area contributed by atoms with E-state index < -0.39 is 40.8 Å². The van der Waals surface area contributed by atoms with Gasteiger partial charge in [0.05, 0.1) is 55.1 Å². The van der Waals surface area contributed by atoms with Crippen molar-refractivity contribution < 1.29 is 40.7 Å². The minimum absolute atomic E-state index is 0.0120. The van der Waals surface area contributed by atoms with Gasteiger partial charge in [-0.1, -0.05) is 0 Å². The highest BCUT2D eigenvalue weighted by Gasteiger charge is 2.45. The van der Waals surface area contributed by atoms with Crippen LogP contribution >= 0.6 is 0 Å². The molecule has 2 atom stereocenters. The van der Waals surface area contributed by atoms with Gasteiger partial charge in [-0.2, -0.15) is 31.4 Å². The topological polar surface area (TPSA) is 130 Å². The molecule has 0 saturated carbocycles. The van der Waals surface area contributed by atoms with E-state index >= 15 is 0 Å². The minimum Gasteiger partial charge on any atom is -0.379 e. The van der Waals surface area contributed by atoms with Gasteiger partial charge in [0.2, 0.25) is 5.91 Å². The van der Waals surface area contributed by atoms with Crippen molar-refractivity contribution in [3.05, 3.63) is 40.8 Å². The maximum absolute atomic E-state index is 13.2. The number of pyridine rings is 1. The monoisotopic (exact) mass is 561 g/mol. The number of carbonyl (C=O) groups excluding carboxylic acids is 2. The summed E-state index contributed by atoms with van der Waals surface area (Å²) in [5.41, 5.74) is 1.47. The standard InChI is InChI=1S/C23H25F6N7O3/c24-22(25,26)13-1-5-32-17(11-13)34-6-2-15-14(34)3-7-35(15)18(37)4-9-39-10-8-36-16(12-30)19(21(31)38)20(33-36)23(27,28)29/h1,5,11-12,14-15,30H,2-4,6-10H2,(H2,31,38)/t14-,15-/m1/s1. The number of amides is 2. The summed E-state index contributed by atoms with van der Waals surface area (Å²) in [6.45, 7) is 0.475. The van der Waals surface area contributed by atoms with Gasteiger partial charge < -0.3 is 25.7 Å². The van der Waals surface area contributed by atoms with Gasteiger partial charge >= 0.3 is 12.4 Å². The summed E-state index contributed by atoms with van der Waals surface area (Å²) in [4.78, 5) is 31.9. The molecule has 39 heavy (non-hydrogen) atoms. The van der Waals surface area contributed by atoms with Crippen molar-refractivity contribution >= 4 is 23.8 Å². The molecule has 0 unspecified atom stereocenters. The number of likely N-dealkylation sites (tertiary alicyclic amines) is 1. The van der Waals surface area contributed by atoms with Gasteiger partial charge in [-0.25, -0.2) is 4.98 Å². The summed E-state index contributed by atoms with van der Waals surface area (Å²) >= 11 is 0. The van der Waals surface area contributed by atoms with Crippen LogP contribution in [0.4, 0.5) is 32.2 Å². The Labute approximate surface area is 218 Å². The lowest BCUT2D eigenvalue weighted by atomic mass is 10.1. The molecule has 0 spiro atoms. The first-order chi connectivity index (χ1) is 18.3. The highest BCUT2D eigenvalue weighted by Crippen LogP contribution is 2.37. The Hall–Kier alpha value is -3.69. The van der Waals surface area contributed by atoms with Gasteiger partial charge in [-0.3, -0.25) is 14.3 Å². The Balaban J connectivity index is 1.30. The van der Waals surface area contributed by atoms with Crippen LogP contribution in [0, 0.1) is 5.41 Å². The molecule has 3 N–H and O–H groups in total. The normalized spacial score (nSPS) is 19.4. The number of nitrogens with one attached hydrogen (secondary N) is 1. The van der Waals surface area contributed by atoms with E-state index in [1.54, 1.807) is 9.80 Å². The number of rotatable bonds is 9. The van der Waals surface area contributed by atoms with Crippen molar-refractivity contribution in [2.45, 2.75) is 50.2 Å². The molecule has 2 fully saturated rings. The molecule has 212 valence electrons. The predicted molar refractivity (Wildman–Crippen MR) is 124 cm³/mol. The first-order valence-corrected chi connectivity index (χ1v) is 12.0. The summed E-state index contributed by atoms with van der Waals surface area (Å²) in [6.07, 6.45) is -6.63. The Kier molecular flexibility index (Phi) is 7.86. The Bertz CT molecular complexity index is 1250. The Morgan fingerprint density at radius 2 is 1.82 bits per heavy atom. The lowest BCUT2D eigenvalue weighted by Gasteiger charge is -2.26. The van der Waals surface area contributed by atoms with Gasteiger partial charge in [0.15, 0.2) is 5.69 Å². The second-order valence-electron chi connectivity index (χ2n) is 9.09. The van der Waals surface area contributed by atoms with E-state index in [1.807, 2.05) is 0 Å². The van der Waals surface area contributed by atoms with E-state index in [0.29, 0.717) is 32.1 Å². The summed E-state index contributed by atoms with van der Waals surface area (Å²) in [5, 5.41) is 10.7. The average molecular weight is 561 g/mol. The number of ether oxygens (including phenoxy) is 1. The second-order valence-corrected chi connectivity index (χ2v) is 9.09. The molecule has 16 heteroatoms. The minimum atomic E-state index is -4.94. The number of nitrogens with zero attached hydrogens (tertiary/aromatic N) is 5. The van der Waals surface area contributed by atoms with Crippen LogP contribution in [-0.2, 0) is 28.4 Å². The first-order valence-electron chi connectivity index (χ1n) is 12.0. The summed E-state index contributed by atoms with van der Waals surface area (Å²) in [6, 6.07) is 1.58. The maximum Gasteiger partial charge on any atom is 0.435 e. The van der Waals surface area contributed by atoms with Crippen molar-refractivity contribution in [3.63, 3.8) is 0 Å². The fourth-order valence-corrected chi connectivity index (χ4v) is 5.12.